The summed E-state index contributed by atoms with van der Waals surface area (Å²) in [7, 11) is 1.44. The third-order valence-corrected chi connectivity index (χ3v) is 5.54. The number of hydrogen-bond acceptors (Lipinski definition) is 5. The molecule has 6 nitrogen and oxygen atoms in total. The van der Waals surface area contributed by atoms with E-state index in [4.69, 9.17) is 10.5 Å². The first-order valence-electron chi connectivity index (χ1n) is 9.90. The van der Waals surface area contributed by atoms with Crippen LogP contribution in [-0.4, -0.2) is 23.1 Å². The lowest BCUT2D eigenvalue weighted by Gasteiger charge is -2.36. The maximum atomic E-state index is 14.4. The number of halogens is 4. The summed E-state index contributed by atoms with van der Waals surface area (Å²) in [6.45, 7) is 0. The zero-order chi connectivity index (χ0) is 23.3. The quantitative estimate of drug-likeness (QED) is 0.412. The standard InChI is InChI=1S/C23H17F4N5O/c1-33-17-11-5-8-14-19(17)32(22-13-7-4-10-16(24)18(13)30-31-22)21(29-20(14)28)12-6-2-3-9-15(12)23(25,26)27/h2-11,21H,1H3,(H2,28,29)(H,30,31). The molecule has 0 saturated carbocycles. The van der Waals surface area contributed by atoms with E-state index in [1.807, 2.05) is 0 Å². The minimum absolute atomic E-state index is 0.0492. The van der Waals surface area contributed by atoms with E-state index in [2.05, 4.69) is 15.2 Å². The first-order chi connectivity index (χ1) is 15.8. The maximum absolute atomic E-state index is 14.4. The summed E-state index contributed by atoms with van der Waals surface area (Å²) in [6.07, 6.45) is -5.87. The van der Waals surface area contributed by atoms with E-state index in [1.54, 1.807) is 24.3 Å². The number of aromatic nitrogens is 2. The van der Waals surface area contributed by atoms with Gasteiger partial charge < -0.3 is 10.5 Å². The normalized spacial score (nSPS) is 16.0. The van der Waals surface area contributed by atoms with Gasteiger partial charge in [-0.05, 0) is 30.3 Å². The van der Waals surface area contributed by atoms with Gasteiger partial charge in [-0.15, -0.1) is 0 Å². The van der Waals surface area contributed by atoms with Gasteiger partial charge in [0.25, 0.3) is 0 Å². The van der Waals surface area contributed by atoms with Crippen LogP contribution in [0.25, 0.3) is 10.9 Å². The SMILES string of the molecule is COc1cccc2c1N(c1n[nH]c3c(F)cccc13)C(c1ccccc1C(F)(F)F)N=C2N. The van der Waals surface area contributed by atoms with Crippen LogP contribution in [0.2, 0.25) is 0 Å². The van der Waals surface area contributed by atoms with Gasteiger partial charge in [0.2, 0.25) is 0 Å². The van der Waals surface area contributed by atoms with Crippen LogP contribution >= 0.6 is 0 Å². The molecule has 10 heteroatoms. The van der Waals surface area contributed by atoms with E-state index in [9.17, 15) is 17.6 Å². The minimum atomic E-state index is -4.63. The van der Waals surface area contributed by atoms with Crippen molar-refractivity contribution in [3.63, 3.8) is 0 Å². The van der Waals surface area contributed by atoms with Gasteiger partial charge in [-0.2, -0.15) is 18.3 Å². The lowest BCUT2D eigenvalue weighted by Crippen LogP contribution is -2.34. The molecule has 0 amide bonds. The predicted molar refractivity (Wildman–Crippen MR) is 116 cm³/mol. The number of methoxy groups -OCH3 is 1. The Hall–Kier alpha value is -4.08. The molecule has 1 aromatic heterocycles. The van der Waals surface area contributed by atoms with E-state index < -0.39 is 23.7 Å². The molecule has 1 aliphatic heterocycles. The van der Waals surface area contributed by atoms with Crippen LogP contribution in [-0.2, 0) is 6.18 Å². The monoisotopic (exact) mass is 455 g/mol. The molecule has 0 saturated heterocycles. The summed E-state index contributed by atoms with van der Waals surface area (Å²) in [5, 5.41) is 7.27. The largest absolute Gasteiger partial charge is 0.495 e. The molecule has 3 aromatic carbocycles. The highest BCUT2D eigenvalue weighted by Gasteiger charge is 2.40. The first kappa shape index (κ1) is 20.8. The van der Waals surface area contributed by atoms with Crippen molar-refractivity contribution in [1.82, 2.24) is 10.2 Å². The molecule has 33 heavy (non-hydrogen) atoms. The van der Waals surface area contributed by atoms with E-state index in [0.29, 0.717) is 22.4 Å². The highest BCUT2D eigenvalue weighted by molar-refractivity contribution is 6.08. The Labute approximate surface area is 185 Å². The zero-order valence-corrected chi connectivity index (χ0v) is 17.2. The van der Waals surface area contributed by atoms with Gasteiger partial charge in [-0.25, -0.2) is 9.38 Å². The average Bonchev–Trinajstić information content (AvgIpc) is 3.23. The Morgan fingerprint density at radius 3 is 2.55 bits per heavy atom. The second kappa shape index (κ2) is 7.51. The molecule has 1 aliphatic rings. The van der Waals surface area contributed by atoms with E-state index in [1.165, 1.54) is 42.3 Å². The first-order valence-corrected chi connectivity index (χ1v) is 9.90. The van der Waals surface area contributed by atoms with Gasteiger partial charge in [-0.3, -0.25) is 10.00 Å². The zero-order valence-electron chi connectivity index (χ0n) is 17.2. The number of H-pyrrole nitrogens is 1. The Bertz CT molecular complexity index is 1400. The summed E-state index contributed by atoms with van der Waals surface area (Å²) in [5.74, 6) is 0.0489. The highest BCUT2D eigenvalue weighted by Crippen LogP contribution is 2.49. The summed E-state index contributed by atoms with van der Waals surface area (Å²) >= 11 is 0. The van der Waals surface area contributed by atoms with E-state index in [-0.39, 0.29) is 22.7 Å². The van der Waals surface area contributed by atoms with Crippen molar-refractivity contribution in [1.29, 1.82) is 0 Å². The topological polar surface area (TPSA) is 79.5 Å². The molecule has 5 rings (SSSR count). The Morgan fingerprint density at radius 2 is 1.79 bits per heavy atom. The number of hydrogen-bond donors (Lipinski definition) is 2. The van der Waals surface area contributed by atoms with Gasteiger partial charge in [0.15, 0.2) is 12.0 Å². The van der Waals surface area contributed by atoms with Crippen LogP contribution in [0, 0.1) is 5.82 Å². The van der Waals surface area contributed by atoms with Crippen LogP contribution in [0.15, 0.2) is 65.7 Å². The molecule has 0 radical (unpaired) electrons. The molecular formula is C23H17F4N5O. The number of rotatable bonds is 3. The van der Waals surface area contributed by atoms with Gasteiger partial charge >= 0.3 is 6.18 Å². The Kier molecular flexibility index (Phi) is 4.73. The van der Waals surface area contributed by atoms with Crippen molar-refractivity contribution in [3.05, 3.63) is 83.2 Å². The van der Waals surface area contributed by atoms with Crippen molar-refractivity contribution in [3.8, 4) is 5.75 Å². The minimum Gasteiger partial charge on any atom is -0.495 e. The Balaban J connectivity index is 1.85. The van der Waals surface area contributed by atoms with Crippen molar-refractivity contribution in [2.75, 3.05) is 12.0 Å². The number of nitrogens with zero attached hydrogens (tertiary/aromatic N) is 3. The van der Waals surface area contributed by atoms with Gasteiger partial charge in [0.1, 0.15) is 22.9 Å². The predicted octanol–water partition coefficient (Wildman–Crippen LogP) is 5.29. The number of nitrogens with two attached hydrogens (primary N) is 1. The number of aromatic amines is 1. The van der Waals surface area contributed by atoms with Crippen molar-refractivity contribution >= 4 is 28.2 Å². The summed E-state index contributed by atoms with van der Waals surface area (Å²) in [4.78, 5) is 5.92. The third kappa shape index (κ3) is 3.25. The number of benzene rings is 3. The molecule has 3 N–H and O–H groups in total. The number of anilines is 2. The summed E-state index contributed by atoms with van der Waals surface area (Å²) in [5.41, 5.74) is 6.18. The summed E-state index contributed by atoms with van der Waals surface area (Å²) < 4.78 is 61.7. The maximum Gasteiger partial charge on any atom is 0.416 e. The number of ether oxygens (including phenoxy) is 1. The Morgan fingerprint density at radius 1 is 1.03 bits per heavy atom. The molecule has 0 bridgehead atoms. The van der Waals surface area contributed by atoms with Crippen LogP contribution in [0.4, 0.5) is 29.1 Å². The molecule has 2 heterocycles. The second-order valence-electron chi connectivity index (χ2n) is 7.41. The van der Waals surface area contributed by atoms with Crippen molar-refractivity contribution in [2.24, 2.45) is 10.7 Å². The number of nitrogens with one attached hydrogen (secondary N) is 1. The number of para-hydroxylation sites is 2. The van der Waals surface area contributed by atoms with Crippen molar-refractivity contribution in [2.45, 2.75) is 12.3 Å². The van der Waals surface area contributed by atoms with Crippen molar-refractivity contribution < 1.29 is 22.3 Å². The molecule has 0 aliphatic carbocycles. The number of alkyl halides is 3. The fourth-order valence-electron chi connectivity index (χ4n) is 4.11. The highest BCUT2D eigenvalue weighted by atomic mass is 19.4. The molecule has 1 atom stereocenters. The lowest BCUT2D eigenvalue weighted by atomic mass is 9.99. The smallest absolute Gasteiger partial charge is 0.416 e. The summed E-state index contributed by atoms with van der Waals surface area (Å²) in [6, 6.07) is 14.6. The van der Waals surface area contributed by atoms with Crippen LogP contribution in [0.3, 0.4) is 0 Å². The molecule has 0 fully saturated rings. The number of fused-ring (bicyclic) bond motifs is 2. The molecule has 168 valence electrons. The molecule has 1 unspecified atom stereocenters. The lowest BCUT2D eigenvalue weighted by molar-refractivity contribution is -0.138. The molecule has 4 aromatic rings. The van der Waals surface area contributed by atoms with E-state index >= 15 is 0 Å². The van der Waals surface area contributed by atoms with Gasteiger partial charge in [-0.1, -0.05) is 30.3 Å². The third-order valence-electron chi connectivity index (χ3n) is 5.54. The average molecular weight is 455 g/mol. The number of aliphatic imine (C=N–C) groups is 1. The second-order valence-corrected chi connectivity index (χ2v) is 7.41. The van der Waals surface area contributed by atoms with E-state index in [0.717, 1.165) is 6.07 Å². The molecular weight excluding hydrogens is 438 g/mol. The number of amidine groups is 1. The molecule has 0 spiro atoms. The van der Waals surface area contributed by atoms with Crippen LogP contribution in [0.5, 0.6) is 5.75 Å². The van der Waals surface area contributed by atoms with Gasteiger partial charge in [0.05, 0.1) is 18.4 Å². The van der Waals surface area contributed by atoms with Crippen LogP contribution < -0.4 is 15.4 Å². The fraction of sp³-hybridized carbons (Fsp3) is 0.130. The fourth-order valence-corrected chi connectivity index (χ4v) is 4.11. The van der Waals surface area contributed by atoms with Crippen LogP contribution in [0.1, 0.15) is 22.9 Å². The van der Waals surface area contributed by atoms with Gasteiger partial charge in [0, 0.05) is 16.5 Å².